The zero-order chi connectivity index (χ0) is 14.1. The molecule has 5 nitrogen and oxygen atoms in total. The van der Waals surface area contributed by atoms with Crippen LogP contribution in [0, 0.1) is 0 Å². The summed E-state index contributed by atoms with van der Waals surface area (Å²) < 4.78 is 26.0. The van der Waals surface area contributed by atoms with Crippen LogP contribution in [-0.2, 0) is 14.8 Å². The number of nitrogens with two attached hydrogens (primary N) is 1. The van der Waals surface area contributed by atoms with E-state index >= 15 is 0 Å². The Morgan fingerprint density at radius 2 is 1.72 bits per heavy atom. The normalized spacial score (nSPS) is 13.3. The van der Waals surface area contributed by atoms with Crippen LogP contribution in [0.1, 0.15) is 6.92 Å². The molecule has 9 heteroatoms. The van der Waals surface area contributed by atoms with Crippen molar-refractivity contribution >= 4 is 50.7 Å². The van der Waals surface area contributed by atoms with Crippen LogP contribution in [-0.4, -0.2) is 20.4 Å². The average Bonchev–Trinajstić information content (AvgIpc) is 2.13. The maximum Gasteiger partial charge on any atom is 0.244 e. The van der Waals surface area contributed by atoms with E-state index in [0.29, 0.717) is 0 Å². The maximum absolute atomic E-state index is 12.0. The van der Waals surface area contributed by atoms with E-state index in [0.717, 1.165) is 0 Å². The highest BCUT2D eigenvalue weighted by molar-refractivity contribution is 7.89. The Bertz CT molecular complexity index is 566. The van der Waals surface area contributed by atoms with Gasteiger partial charge in [-0.3, -0.25) is 4.79 Å². The number of halogens is 3. The second-order valence-electron chi connectivity index (χ2n) is 3.44. The molecule has 0 saturated heterocycles. The molecule has 18 heavy (non-hydrogen) atoms. The van der Waals surface area contributed by atoms with Crippen LogP contribution in [0.4, 0.5) is 0 Å². The molecule has 1 amide bonds. The molecule has 1 atom stereocenters. The van der Waals surface area contributed by atoms with Gasteiger partial charge in [0.15, 0.2) is 0 Å². The number of amides is 1. The number of primary amides is 1. The van der Waals surface area contributed by atoms with Crippen LogP contribution in [0.2, 0.25) is 15.1 Å². The molecule has 0 heterocycles. The van der Waals surface area contributed by atoms with Gasteiger partial charge in [-0.15, -0.1) is 0 Å². The van der Waals surface area contributed by atoms with Crippen molar-refractivity contribution in [2.75, 3.05) is 0 Å². The number of carbonyl (C=O) groups excluding carboxylic acids is 1. The number of nitrogens with one attached hydrogen (secondary N) is 1. The molecule has 0 saturated carbocycles. The van der Waals surface area contributed by atoms with E-state index in [1.165, 1.54) is 19.1 Å². The minimum absolute atomic E-state index is 0.142. The van der Waals surface area contributed by atoms with Crippen molar-refractivity contribution in [2.45, 2.75) is 17.9 Å². The standard InChI is InChI=1S/C9H9Cl3N2O3S/c1-4(9(13)15)14-18(16,17)8-6(11)2-5(10)3-7(8)12/h2-4,14H,1H3,(H2,13,15). The summed E-state index contributed by atoms with van der Waals surface area (Å²) in [4.78, 5) is 10.5. The van der Waals surface area contributed by atoms with E-state index in [1.54, 1.807) is 0 Å². The molecule has 0 aliphatic heterocycles. The van der Waals surface area contributed by atoms with Gasteiger partial charge in [0.1, 0.15) is 4.90 Å². The summed E-state index contributed by atoms with van der Waals surface area (Å²) in [6, 6.07) is 1.38. The summed E-state index contributed by atoms with van der Waals surface area (Å²) in [5.74, 6) is -0.820. The molecule has 1 unspecified atom stereocenters. The van der Waals surface area contributed by atoms with Crippen molar-refractivity contribution < 1.29 is 13.2 Å². The molecule has 0 radical (unpaired) electrons. The van der Waals surface area contributed by atoms with Gasteiger partial charge in [0.2, 0.25) is 15.9 Å². The largest absolute Gasteiger partial charge is 0.368 e. The minimum Gasteiger partial charge on any atom is -0.368 e. The first-order valence-electron chi connectivity index (χ1n) is 4.61. The lowest BCUT2D eigenvalue weighted by Gasteiger charge is -2.13. The summed E-state index contributed by atoms with van der Waals surface area (Å²) >= 11 is 17.2. The van der Waals surface area contributed by atoms with Gasteiger partial charge in [0.05, 0.1) is 16.1 Å². The lowest BCUT2D eigenvalue weighted by atomic mass is 10.3. The first-order chi connectivity index (χ1) is 8.15. The number of hydrogen-bond acceptors (Lipinski definition) is 3. The fourth-order valence-electron chi connectivity index (χ4n) is 1.14. The average molecular weight is 332 g/mol. The topological polar surface area (TPSA) is 89.3 Å². The monoisotopic (exact) mass is 330 g/mol. The highest BCUT2D eigenvalue weighted by Crippen LogP contribution is 2.32. The van der Waals surface area contributed by atoms with Crippen LogP contribution < -0.4 is 10.5 Å². The van der Waals surface area contributed by atoms with Crippen molar-refractivity contribution in [3.63, 3.8) is 0 Å². The third-order valence-corrected chi connectivity index (χ3v) is 4.67. The second kappa shape index (κ2) is 5.63. The third kappa shape index (κ3) is 3.49. The van der Waals surface area contributed by atoms with Gasteiger partial charge in [-0.25, -0.2) is 8.42 Å². The van der Waals surface area contributed by atoms with E-state index in [2.05, 4.69) is 4.72 Å². The van der Waals surface area contributed by atoms with Crippen LogP contribution in [0.15, 0.2) is 17.0 Å². The molecule has 0 bridgehead atoms. The lowest BCUT2D eigenvalue weighted by Crippen LogP contribution is -2.42. The van der Waals surface area contributed by atoms with Gasteiger partial charge in [0.25, 0.3) is 0 Å². The van der Waals surface area contributed by atoms with Crippen LogP contribution in [0.25, 0.3) is 0 Å². The van der Waals surface area contributed by atoms with Gasteiger partial charge in [0, 0.05) is 5.02 Å². The first-order valence-corrected chi connectivity index (χ1v) is 7.23. The Morgan fingerprint density at radius 3 is 2.11 bits per heavy atom. The number of sulfonamides is 1. The lowest BCUT2D eigenvalue weighted by molar-refractivity contribution is -0.119. The van der Waals surface area contributed by atoms with Gasteiger partial charge in [-0.05, 0) is 19.1 Å². The SMILES string of the molecule is CC(NS(=O)(=O)c1c(Cl)cc(Cl)cc1Cl)C(N)=O. The van der Waals surface area contributed by atoms with E-state index in [1.807, 2.05) is 0 Å². The summed E-state index contributed by atoms with van der Waals surface area (Å²) in [5.41, 5.74) is 4.97. The molecule has 0 aliphatic carbocycles. The number of carbonyl (C=O) groups is 1. The fraction of sp³-hybridized carbons (Fsp3) is 0.222. The predicted molar refractivity (Wildman–Crippen MR) is 70.4 cm³/mol. The fourth-order valence-corrected chi connectivity index (χ4v) is 3.89. The number of hydrogen-bond donors (Lipinski definition) is 2. The molecular weight excluding hydrogens is 323 g/mol. The van der Waals surface area contributed by atoms with Gasteiger partial charge < -0.3 is 5.73 Å². The molecule has 1 aromatic rings. The van der Waals surface area contributed by atoms with Gasteiger partial charge in [-0.2, -0.15) is 4.72 Å². The van der Waals surface area contributed by atoms with Crippen LogP contribution in [0.3, 0.4) is 0 Å². The molecule has 1 aromatic carbocycles. The van der Waals surface area contributed by atoms with Crippen LogP contribution >= 0.6 is 34.8 Å². The van der Waals surface area contributed by atoms with Crippen molar-refractivity contribution in [1.29, 1.82) is 0 Å². The van der Waals surface area contributed by atoms with Gasteiger partial charge in [-0.1, -0.05) is 34.8 Å². The Morgan fingerprint density at radius 1 is 1.28 bits per heavy atom. The highest BCUT2D eigenvalue weighted by atomic mass is 35.5. The zero-order valence-electron chi connectivity index (χ0n) is 9.08. The third-order valence-electron chi connectivity index (χ3n) is 1.99. The zero-order valence-corrected chi connectivity index (χ0v) is 12.2. The molecule has 0 fully saturated rings. The Kier molecular flexibility index (Phi) is 4.85. The summed E-state index contributed by atoms with van der Waals surface area (Å²) in [7, 11) is -4.06. The molecule has 3 N–H and O–H groups in total. The summed E-state index contributed by atoms with van der Waals surface area (Å²) in [5, 5.41) is -0.0831. The minimum atomic E-state index is -4.06. The second-order valence-corrected chi connectivity index (χ2v) is 6.35. The van der Waals surface area contributed by atoms with Gasteiger partial charge >= 0.3 is 0 Å². The predicted octanol–water partition coefficient (Wildman–Crippen LogP) is 1.80. The Balaban J connectivity index is 3.25. The maximum atomic E-state index is 12.0. The van der Waals surface area contributed by atoms with E-state index in [9.17, 15) is 13.2 Å². The van der Waals surface area contributed by atoms with E-state index < -0.39 is 22.0 Å². The number of rotatable bonds is 4. The van der Waals surface area contributed by atoms with Crippen molar-refractivity contribution in [3.8, 4) is 0 Å². The molecule has 1 rings (SSSR count). The summed E-state index contributed by atoms with van der Waals surface area (Å²) in [6.07, 6.45) is 0. The Labute approximate surface area is 119 Å². The molecule has 0 spiro atoms. The molecule has 0 aliphatic rings. The van der Waals surface area contributed by atoms with Crippen molar-refractivity contribution in [3.05, 3.63) is 27.2 Å². The highest BCUT2D eigenvalue weighted by Gasteiger charge is 2.25. The summed E-state index contributed by atoms with van der Waals surface area (Å²) in [6.45, 7) is 1.30. The molecule has 0 aromatic heterocycles. The van der Waals surface area contributed by atoms with Crippen molar-refractivity contribution in [1.82, 2.24) is 4.72 Å². The molecular formula is C9H9Cl3N2O3S. The molecule has 100 valence electrons. The van der Waals surface area contributed by atoms with Crippen molar-refractivity contribution in [2.24, 2.45) is 5.73 Å². The first kappa shape index (κ1) is 15.5. The van der Waals surface area contributed by atoms with Crippen LogP contribution in [0.5, 0.6) is 0 Å². The smallest absolute Gasteiger partial charge is 0.244 e. The van der Waals surface area contributed by atoms with E-state index in [4.69, 9.17) is 40.5 Å². The van der Waals surface area contributed by atoms with E-state index in [-0.39, 0.29) is 20.0 Å². The Hall–Kier alpha value is -0.530. The number of benzene rings is 1. The quantitative estimate of drug-likeness (QED) is 0.881.